The molecule has 0 amide bonds. The third-order valence-electron chi connectivity index (χ3n) is 1.45. The minimum atomic E-state index is 0.747. The summed E-state index contributed by atoms with van der Waals surface area (Å²) in [5.41, 5.74) is 2.27. The van der Waals surface area contributed by atoms with E-state index in [1.54, 1.807) is 6.20 Å². The fourth-order valence-electron chi connectivity index (χ4n) is 0.909. The molecule has 0 aliphatic carbocycles. The number of para-hydroxylation sites is 1. The van der Waals surface area contributed by atoms with Crippen molar-refractivity contribution in [2.75, 3.05) is 5.32 Å². The predicted molar refractivity (Wildman–Crippen MR) is 53.0 cm³/mol. The lowest BCUT2D eigenvalue weighted by atomic mass is 10.2. The maximum atomic E-state index is 4.20. The monoisotopic (exact) mass is 165 g/mol. The highest BCUT2D eigenvalue weighted by atomic mass is 32.1. The molecule has 0 unspecified atom stereocenters. The van der Waals surface area contributed by atoms with E-state index in [0.717, 1.165) is 11.4 Å². The van der Waals surface area contributed by atoms with Crippen LogP contribution in [0.3, 0.4) is 0 Å². The molecule has 1 nitrogen and oxygen atoms in total. The van der Waals surface area contributed by atoms with E-state index in [2.05, 4.69) is 24.5 Å². The van der Waals surface area contributed by atoms with Gasteiger partial charge in [0, 0.05) is 11.4 Å². The summed E-state index contributed by atoms with van der Waals surface area (Å²) in [6.07, 6.45) is 1.67. The lowest BCUT2D eigenvalue weighted by molar-refractivity contribution is 1.40. The molecule has 1 rings (SSSR count). The van der Waals surface area contributed by atoms with Crippen LogP contribution in [0, 0.1) is 0 Å². The van der Waals surface area contributed by atoms with E-state index in [-0.39, 0.29) is 0 Å². The van der Waals surface area contributed by atoms with Crippen LogP contribution in [0.2, 0.25) is 0 Å². The third-order valence-corrected chi connectivity index (χ3v) is 1.79. The van der Waals surface area contributed by atoms with Gasteiger partial charge in [0.05, 0.1) is 0 Å². The maximum absolute atomic E-state index is 4.20. The second-order valence-electron chi connectivity index (χ2n) is 2.16. The number of rotatable bonds is 3. The van der Waals surface area contributed by atoms with Crippen molar-refractivity contribution in [2.45, 2.75) is 5.75 Å². The van der Waals surface area contributed by atoms with Crippen LogP contribution in [-0.4, -0.2) is 0 Å². The Morgan fingerprint density at radius 3 is 2.82 bits per heavy atom. The van der Waals surface area contributed by atoms with Gasteiger partial charge in [0.15, 0.2) is 0 Å². The standard InChI is InChI=1S/C9H11NS/c1-2-10-9-6-4-3-5-8(9)7-11/h2-6,10-11H,1,7H2. The second kappa shape index (κ2) is 4.09. The predicted octanol–water partition coefficient (Wildman–Crippen LogP) is 2.67. The van der Waals surface area contributed by atoms with Crippen molar-refractivity contribution in [2.24, 2.45) is 0 Å². The average Bonchev–Trinajstić information content (AvgIpc) is 2.06. The largest absolute Gasteiger partial charge is 0.362 e. The molecule has 11 heavy (non-hydrogen) atoms. The molecule has 0 aliphatic heterocycles. The molecular weight excluding hydrogens is 154 g/mol. The highest BCUT2D eigenvalue weighted by Crippen LogP contribution is 2.16. The van der Waals surface area contributed by atoms with Crippen molar-refractivity contribution >= 4 is 18.3 Å². The van der Waals surface area contributed by atoms with E-state index in [4.69, 9.17) is 0 Å². The molecule has 58 valence electrons. The average molecular weight is 165 g/mol. The SMILES string of the molecule is C=CNc1ccccc1CS. The quantitative estimate of drug-likeness (QED) is 0.656. The number of hydrogen-bond donors (Lipinski definition) is 2. The zero-order valence-electron chi connectivity index (χ0n) is 6.25. The summed E-state index contributed by atoms with van der Waals surface area (Å²) in [7, 11) is 0. The third kappa shape index (κ3) is 2.02. The zero-order valence-corrected chi connectivity index (χ0v) is 7.14. The normalized spacial score (nSPS) is 9.18. The highest BCUT2D eigenvalue weighted by molar-refractivity contribution is 7.79. The van der Waals surface area contributed by atoms with Gasteiger partial charge in [0.1, 0.15) is 0 Å². The van der Waals surface area contributed by atoms with Gasteiger partial charge in [-0.2, -0.15) is 12.6 Å². The number of thiol groups is 1. The van der Waals surface area contributed by atoms with Crippen molar-refractivity contribution in [1.29, 1.82) is 0 Å². The molecule has 1 N–H and O–H groups in total. The topological polar surface area (TPSA) is 12.0 Å². The van der Waals surface area contributed by atoms with Gasteiger partial charge in [-0.15, -0.1) is 0 Å². The molecule has 0 radical (unpaired) electrons. The first-order valence-electron chi connectivity index (χ1n) is 3.44. The van der Waals surface area contributed by atoms with Crippen molar-refractivity contribution in [3.8, 4) is 0 Å². The second-order valence-corrected chi connectivity index (χ2v) is 2.48. The molecule has 0 fully saturated rings. The molecule has 0 aromatic heterocycles. The van der Waals surface area contributed by atoms with E-state index in [1.165, 1.54) is 5.56 Å². The van der Waals surface area contributed by atoms with Crippen LogP contribution in [0.25, 0.3) is 0 Å². The van der Waals surface area contributed by atoms with E-state index >= 15 is 0 Å². The van der Waals surface area contributed by atoms with Gasteiger partial charge in [-0.1, -0.05) is 24.8 Å². The fourth-order valence-corrected chi connectivity index (χ4v) is 1.18. The first kappa shape index (κ1) is 8.21. The lowest BCUT2D eigenvalue weighted by Crippen LogP contribution is -1.90. The summed E-state index contributed by atoms with van der Waals surface area (Å²) in [5.74, 6) is 0.747. The first-order valence-corrected chi connectivity index (χ1v) is 4.08. The van der Waals surface area contributed by atoms with Gasteiger partial charge in [-0.25, -0.2) is 0 Å². The summed E-state index contributed by atoms with van der Waals surface area (Å²) in [4.78, 5) is 0. The summed E-state index contributed by atoms with van der Waals surface area (Å²) < 4.78 is 0. The summed E-state index contributed by atoms with van der Waals surface area (Å²) >= 11 is 4.20. The van der Waals surface area contributed by atoms with Crippen LogP contribution in [0.4, 0.5) is 5.69 Å². The van der Waals surface area contributed by atoms with Crippen LogP contribution < -0.4 is 5.32 Å². The Kier molecular flexibility index (Phi) is 3.05. The van der Waals surface area contributed by atoms with Crippen molar-refractivity contribution in [3.63, 3.8) is 0 Å². The molecule has 0 saturated heterocycles. The molecule has 0 spiro atoms. The zero-order chi connectivity index (χ0) is 8.10. The minimum Gasteiger partial charge on any atom is -0.362 e. The summed E-state index contributed by atoms with van der Waals surface area (Å²) in [6, 6.07) is 8.03. The Bertz CT molecular complexity index is 245. The maximum Gasteiger partial charge on any atom is 0.0420 e. The molecule has 0 saturated carbocycles. The highest BCUT2D eigenvalue weighted by Gasteiger charge is 1.94. The smallest absolute Gasteiger partial charge is 0.0420 e. The first-order chi connectivity index (χ1) is 5.38. The molecule has 0 atom stereocenters. The van der Waals surface area contributed by atoms with Gasteiger partial charge in [0.2, 0.25) is 0 Å². The summed E-state index contributed by atoms with van der Waals surface area (Å²) in [6.45, 7) is 3.60. The van der Waals surface area contributed by atoms with Gasteiger partial charge in [0.25, 0.3) is 0 Å². The van der Waals surface area contributed by atoms with Crippen LogP contribution in [0.15, 0.2) is 37.0 Å². The van der Waals surface area contributed by atoms with Crippen LogP contribution >= 0.6 is 12.6 Å². The van der Waals surface area contributed by atoms with Crippen LogP contribution in [-0.2, 0) is 5.75 Å². The van der Waals surface area contributed by atoms with Crippen LogP contribution in [0.5, 0.6) is 0 Å². The van der Waals surface area contributed by atoms with Gasteiger partial charge in [-0.05, 0) is 17.8 Å². The van der Waals surface area contributed by atoms with E-state index in [9.17, 15) is 0 Å². The van der Waals surface area contributed by atoms with Crippen molar-refractivity contribution < 1.29 is 0 Å². The van der Waals surface area contributed by atoms with E-state index in [0.29, 0.717) is 0 Å². The molecule has 1 aromatic rings. The molecule has 0 heterocycles. The molecule has 1 aromatic carbocycles. The Hall–Kier alpha value is -0.890. The van der Waals surface area contributed by atoms with Gasteiger partial charge < -0.3 is 5.32 Å². The Labute approximate surface area is 72.5 Å². The van der Waals surface area contributed by atoms with Gasteiger partial charge in [-0.3, -0.25) is 0 Å². The molecular formula is C9H11NS. The van der Waals surface area contributed by atoms with Crippen molar-refractivity contribution in [1.82, 2.24) is 0 Å². The van der Waals surface area contributed by atoms with E-state index < -0.39 is 0 Å². The molecule has 2 heteroatoms. The van der Waals surface area contributed by atoms with E-state index in [1.807, 2.05) is 24.3 Å². The summed E-state index contributed by atoms with van der Waals surface area (Å²) in [5, 5.41) is 3.04. The van der Waals surface area contributed by atoms with Crippen LogP contribution in [0.1, 0.15) is 5.56 Å². The number of hydrogen-bond acceptors (Lipinski definition) is 2. The molecule has 0 aliphatic rings. The lowest BCUT2D eigenvalue weighted by Gasteiger charge is -2.04. The minimum absolute atomic E-state index is 0.747. The molecule has 0 bridgehead atoms. The van der Waals surface area contributed by atoms with Crippen molar-refractivity contribution in [3.05, 3.63) is 42.6 Å². The Morgan fingerprint density at radius 1 is 1.45 bits per heavy atom. The Balaban J connectivity index is 2.92. The number of benzene rings is 1. The van der Waals surface area contributed by atoms with Gasteiger partial charge >= 0.3 is 0 Å². The number of nitrogens with one attached hydrogen (secondary N) is 1. The fraction of sp³-hybridized carbons (Fsp3) is 0.111. The Morgan fingerprint density at radius 2 is 2.18 bits per heavy atom. The number of anilines is 1.